The number of hydrogen-bond acceptors (Lipinski definition) is 0. The van der Waals surface area contributed by atoms with E-state index in [0.29, 0.717) is 0 Å². The van der Waals surface area contributed by atoms with Gasteiger partial charge in [0, 0.05) is 0 Å². The summed E-state index contributed by atoms with van der Waals surface area (Å²) in [6.45, 7) is 18.6. The molecule has 180 valence electrons. The molecule has 4 aliphatic carbocycles. The van der Waals surface area contributed by atoms with Crippen LogP contribution >= 0.6 is 0 Å². The van der Waals surface area contributed by atoms with E-state index in [-0.39, 0.29) is 30.2 Å². The minimum atomic E-state index is 0. The Morgan fingerprint density at radius 1 is 0.781 bits per heavy atom. The summed E-state index contributed by atoms with van der Waals surface area (Å²) in [5.41, 5.74) is 3.39. The van der Waals surface area contributed by atoms with Gasteiger partial charge in [0.1, 0.15) is 0 Å². The summed E-state index contributed by atoms with van der Waals surface area (Å²) in [7, 11) is 0. The van der Waals surface area contributed by atoms with Crippen LogP contribution in [0.5, 0.6) is 0 Å². The second kappa shape index (κ2) is 15.4. The Kier molecular flexibility index (Phi) is 15.6. The van der Waals surface area contributed by atoms with Crippen LogP contribution in [-0.2, 0) is 23.3 Å². The topological polar surface area (TPSA) is 0 Å². The molecule has 0 saturated heterocycles. The quantitative estimate of drug-likeness (QED) is 0.352. The fourth-order valence-electron chi connectivity index (χ4n) is 5.46. The summed E-state index contributed by atoms with van der Waals surface area (Å²) in [5, 5.41) is 0. The molecule has 6 atom stereocenters. The fourth-order valence-corrected chi connectivity index (χ4v) is 5.46. The molecule has 0 aliphatic heterocycles. The molecular formula is C28H44Cl2SiZr-2. The molecule has 2 fully saturated rings. The van der Waals surface area contributed by atoms with Gasteiger partial charge < -0.3 is 24.8 Å². The summed E-state index contributed by atoms with van der Waals surface area (Å²) >= 11 is 1.74. The Morgan fingerprint density at radius 3 is 1.38 bits per heavy atom. The number of fused-ring (bicyclic) bond motifs is 2. The van der Waals surface area contributed by atoms with Gasteiger partial charge in [0.25, 0.3) is 0 Å². The van der Waals surface area contributed by atoms with Crippen molar-refractivity contribution in [2.75, 3.05) is 0 Å². The van der Waals surface area contributed by atoms with Crippen molar-refractivity contribution in [3.05, 3.63) is 60.4 Å². The molecule has 32 heavy (non-hydrogen) atoms. The molecule has 6 unspecified atom stereocenters. The molecular weight excluding hydrogens is 527 g/mol. The van der Waals surface area contributed by atoms with E-state index < -0.39 is 0 Å². The first-order valence-corrected chi connectivity index (χ1v) is 18.3. The Morgan fingerprint density at radius 2 is 1.09 bits per heavy atom. The zero-order valence-corrected chi connectivity index (χ0v) is 26.4. The van der Waals surface area contributed by atoms with Crippen molar-refractivity contribution in [3.8, 4) is 0 Å². The van der Waals surface area contributed by atoms with E-state index in [4.69, 9.17) is 0 Å². The van der Waals surface area contributed by atoms with Crippen LogP contribution in [0.2, 0.25) is 13.1 Å². The normalized spacial score (nSPS) is 31.1. The van der Waals surface area contributed by atoms with E-state index >= 15 is 0 Å². The van der Waals surface area contributed by atoms with Gasteiger partial charge in [-0.2, -0.15) is 0 Å². The molecule has 2 saturated carbocycles. The van der Waals surface area contributed by atoms with Crippen molar-refractivity contribution >= 4 is 5.43 Å². The number of halogens is 2. The standard InChI is InChI=1S/2C13H19.C2H6Si.2ClH.Zr/c2*1-9(2)12-6-4-5-11-7-10(3)8-13(11)12;1-3-2;;;/h2*4-7,9-10,12-13H,8H2,1-3H3;1-2H3;2*1H;/q2*-1;;;;+2/p-2. The monoisotopic (exact) mass is 568 g/mol. The first-order chi connectivity index (χ1) is 14.1. The largest absolute Gasteiger partial charge is 1.00 e. The summed E-state index contributed by atoms with van der Waals surface area (Å²) in [6, 6.07) is 0. The molecule has 0 bridgehead atoms. The van der Waals surface area contributed by atoms with Crippen LogP contribution in [0.1, 0.15) is 54.4 Å². The molecule has 0 aromatic heterocycles. The van der Waals surface area contributed by atoms with E-state index in [0.717, 1.165) is 47.3 Å². The summed E-state index contributed by atoms with van der Waals surface area (Å²) in [6.07, 6.45) is 21.5. The number of hydrogen-bond donors (Lipinski definition) is 0. The molecule has 0 amide bonds. The third-order valence-electron chi connectivity index (χ3n) is 6.77. The Labute approximate surface area is 227 Å². The average Bonchev–Trinajstić information content (AvgIpc) is 3.21. The van der Waals surface area contributed by atoms with Gasteiger partial charge in [0.15, 0.2) is 0 Å². The Bertz CT molecular complexity index is 646. The first kappa shape index (κ1) is 32.4. The predicted molar refractivity (Wildman–Crippen MR) is 132 cm³/mol. The third kappa shape index (κ3) is 9.56. The summed E-state index contributed by atoms with van der Waals surface area (Å²) in [4.78, 5) is 0. The van der Waals surface area contributed by atoms with E-state index in [1.807, 2.05) is 0 Å². The SMILES string of the molecule is CC1[CH-]C2=CC=CC(C(C)C)C2C1.CC1[CH-]C2=CC=CC(C(C)C)C2C1.C[Si](C)=[Zr+2].[Cl-].[Cl-]. The van der Waals surface area contributed by atoms with Crippen LogP contribution in [0, 0.1) is 60.2 Å². The molecule has 4 aliphatic rings. The molecule has 0 aromatic rings. The molecule has 0 heterocycles. The smallest absolute Gasteiger partial charge is 1.00 e. The van der Waals surface area contributed by atoms with Crippen molar-refractivity contribution in [2.24, 2.45) is 47.3 Å². The minimum absolute atomic E-state index is 0. The number of rotatable bonds is 2. The van der Waals surface area contributed by atoms with Gasteiger partial charge in [-0.15, -0.1) is 12.2 Å². The summed E-state index contributed by atoms with van der Waals surface area (Å²) in [5.74, 6) is 6.34. The van der Waals surface area contributed by atoms with Crippen LogP contribution in [0.25, 0.3) is 0 Å². The molecule has 0 nitrogen and oxygen atoms in total. The maximum Gasteiger partial charge on any atom is -1.00 e. The van der Waals surface area contributed by atoms with Crippen LogP contribution in [0.3, 0.4) is 0 Å². The van der Waals surface area contributed by atoms with Crippen LogP contribution in [-0.4, -0.2) is 5.43 Å². The zero-order chi connectivity index (χ0) is 22.4. The van der Waals surface area contributed by atoms with Crippen LogP contribution < -0.4 is 24.8 Å². The predicted octanol–water partition coefficient (Wildman–Crippen LogP) is 2.02. The van der Waals surface area contributed by atoms with Gasteiger partial charge in [0.05, 0.1) is 0 Å². The van der Waals surface area contributed by atoms with Gasteiger partial charge in [-0.3, -0.25) is 0 Å². The fraction of sp³-hybridized carbons (Fsp3) is 0.643. The van der Waals surface area contributed by atoms with E-state index in [1.54, 1.807) is 34.5 Å². The maximum atomic E-state index is 2.45. The van der Waals surface area contributed by atoms with Crippen molar-refractivity contribution in [1.82, 2.24) is 0 Å². The minimum Gasteiger partial charge on any atom is -1.00 e. The van der Waals surface area contributed by atoms with Crippen molar-refractivity contribution in [2.45, 2.75) is 67.5 Å². The molecule has 0 N–H and O–H groups in total. The van der Waals surface area contributed by atoms with E-state index in [2.05, 4.69) is 104 Å². The summed E-state index contributed by atoms with van der Waals surface area (Å²) < 4.78 is 0. The second-order valence-corrected chi connectivity index (χ2v) is 20.1. The maximum absolute atomic E-state index is 2.45. The average molecular weight is 571 g/mol. The second-order valence-electron chi connectivity index (χ2n) is 10.7. The number of allylic oxidation sites excluding steroid dienone is 8. The third-order valence-corrected chi connectivity index (χ3v) is 6.77. The van der Waals surface area contributed by atoms with Gasteiger partial charge in [-0.1, -0.05) is 78.4 Å². The van der Waals surface area contributed by atoms with Gasteiger partial charge in [-0.05, 0) is 35.5 Å². The zero-order valence-electron chi connectivity index (χ0n) is 21.4. The van der Waals surface area contributed by atoms with Gasteiger partial charge in [-0.25, -0.2) is 36.1 Å². The van der Waals surface area contributed by atoms with Gasteiger partial charge >= 0.3 is 41.9 Å². The molecule has 0 spiro atoms. The first-order valence-electron chi connectivity index (χ1n) is 12.1. The van der Waals surface area contributed by atoms with Gasteiger partial charge in [0.2, 0.25) is 0 Å². The van der Waals surface area contributed by atoms with Crippen LogP contribution in [0.4, 0.5) is 0 Å². The van der Waals surface area contributed by atoms with Crippen molar-refractivity contribution < 1.29 is 48.1 Å². The molecule has 0 aromatic carbocycles. The molecule has 4 rings (SSSR count). The van der Waals surface area contributed by atoms with E-state index in [9.17, 15) is 0 Å². The van der Waals surface area contributed by atoms with Crippen LogP contribution in [0.15, 0.2) is 47.6 Å². The Hall–Kier alpha value is 0.380. The molecule has 4 heteroatoms. The van der Waals surface area contributed by atoms with E-state index in [1.165, 1.54) is 12.8 Å². The van der Waals surface area contributed by atoms with Crippen molar-refractivity contribution in [1.29, 1.82) is 0 Å². The molecule has 0 radical (unpaired) electrons. The Balaban J connectivity index is 0.000000490. The van der Waals surface area contributed by atoms with Crippen molar-refractivity contribution in [3.63, 3.8) is 0 Å².